The molecule has 0 bridgehead atoms. The lowest BCUT2D eigenvalue weighted by molar-refractivity contribution is 0.0709. The van der Waals surface area contributed by atoms with E-state index in [9.17, 15) is 5.11 Å². The summed E-state index contributed by atoms with van der Waals surface area (Å²) in [5.41, 5.74) is 0.00424. The Bertz CT molecular complexity index is 171. The van der Waals surface area contributed by atoms with Crippen LogP contribution in [0.5, 0.6) is 0 Å². The maximum Gasteiger partial charge on any atom is 0.0628 e. The second kappa shape index (κ2) is 6.46. The minimum atomic E-state index is 0.00424. The standard InChI is InChI=1S/C10H22N2O.C2H6/c1-9(2)12-6-5-10(7-12,8-13)11(3)4;1-2/h9,13H,5-8H2,1-4H3;1-2H3. The first-order valence-corrected chi connectivity index (χ1v) is 6.04. The highest BCUT2D eigenvalue weighted by molar-refractivity contribution is 4.97. The molecule has 1 heterocycles. The molecule has 0 amide bonds. The monoisotopic (exact) mass is 216 g/mol. The largest absolute Gasteiger partial charge is 0.394 e. The van der Waals surface area contributed by atoms with Gasteiger partial charge in [-0.05, 0) is 34.4 Å². The third kappa shape index (κ3) is 3.44. The topological polar surface area (TPSA) is 26.7 Å². The Morgan fingerprint density at radius 2 is 1.87 bits per heavy atom. The maximum absolute atomic E-state index is 9.42. The van der Waals surface area contributed by atoms with Gasteiger partial charge in [0.2, 0.25) is 0 Å². The van der Waals surface area contributed by atoms with E-state index in [1.165, 1.54) is 0 Å². The summed E-state index contributed by atoms with van der Waals surface area (Å²) in [6.45, 7) is 10.8. The Morgan fingerprint density at radius 3 is 2.07 bits per heavy atom. The van der Waals surface area contributed by atoms with E-state index < -0.39 is 0 Å². The Balaban J connectivity index is 0.000000921. The van der Waals surface area contributed by atoms with E-state index in [1.807, 2.05) is 13.8 Å². The highest BCUT2D eigenvalue weighted by atomic mass is 16.3. The van der Waals surface area contributed by atoms with Gasteiger partial charge in [0, 0.05) is 19.1 Å². The molecule has 15 heavy (non-hydrogen) atoms. The fourth-order valence-electron chi connectivity index (χ4n) is 1.96. The van der Waals surface area contributed by atoms with Gasteiger partial charge in [-0.2, -0.15) is 0 Å². The van der Waals surface area contributed by atoms with Crippen LogP contribution < -0.4 is 0 Å². The second-order valence-corrected chi connectivity index (χ2v) is 4.59. The molecule has 0 aromatic carbocycles. The van der Waals surface area contributed by atoms with Crippen molar-refractivity contribution >= 4 is 0 Å². The maximum atomic E-state index is 9.42. The van der Waals surface area contributed by atoms with Crippen LogP contribution in [0, 0.1) is 0 Å². The van der Waals surface area contributed by atoms with Gasteiger partial charge in [-0.15, -0.1) is 0 Å². The van der Waals surface area contributed by atoms with Crippen LogP contribution in [0.2, 0.25) is 0 Å². The summed E-state index contributed by atoms with van der Waals surface area (Å²) >= 11 is 0. The van der Waals surface area contributed by atoms with Gasteiger partial charge in [0.05, 0.1) is 12.1 Å². The number of likely N-dealkylation sites (N-methyl/N-ethyl adjacent to an activating group) is 1. The summed E-state index contributed by atoms with van der Waals surface area (Å²) in [6, 6.07) is 0.591. The van der Waals surface area contributed by atoms with Crippen LogP contribution in [0.1, 0.15) is 34.1 Å². The zero-order chi connectivity index (χ0) is 12.1. The van der Waals surface area contributed by atoms with Crippen LogP contribution in [0.15, 0.2) is 0 Å². The van der Waals surface area contributed by atoms with Gasteiger partial charge < -0.3 is 10.0 Å². The highest BCUT2D eigenvalue weighted by Crippen LogP contribution is 2.26. The molecule has 0 saturated carbocycles. The van der Waals surface area contributed by atoms with Crippen LogP contribution in [0.3, 0.4) is 0 Å². The first-order valence-electron chi connectivity index (χ1n) is 6.04. The molecule has 0 aromatic rings. The zero-order valence-electron chi connectivity index (χ0n) is 11.2. The SMILES string of the molecule is CC.CC(C)N1CCC(CO)(N(C)C)C1. The zero-order valence-corrected chi connectivity index (χ0v) is 11.2. The molecule has 1 fully saturated rings. The average Bonchev–Trinajstić information content (AvgIpc) is 2.66. The van der Waals surface area contributed by atoms with Crippen molar-refractivity contribution in [1.29, 1.82) is 0 Å². The second-order valence-electron chi connectivity index (χ2n) is 4.59. The molecule has 3 heteroatoms. The fraction of sp³-hybridized carbons (Fsp3) is 1.00. The Hall–Kier alpha value is -0.120. The number of hydrogen-bond donors (Lipinski definition) is 1. The summed E-state index contributed by atoms with van der Waals surface area (Å²) in [4.78, 5) is 4.59. The molecule has 0 aliphatic carbocycles. The van der Waals surface area contributed by atoms with Crippen LogP contribution in [-0.2, 0) is 0 Å². The Kier molecular flexibility index (Phi) is 6.41. The first kappa shape index (κ1) is 14.9. The number of rotatable bonds is 3. The number of aliphatic hydroxyl groups is 1. The predicted molar refractivity (Wildman–Crippen MR) is 66.2 cm³/mol. The molecule has 1 unspecified atom stereocenters. The molecule has 3 nitrogen and oxygen atoms in total. The molecule has 1 aliphatic rings. The van der Waals surface area contributed by atoms with Crippen molar-refractivity contribution in [2.24, 2.45) is 0 Å². The number of nitrogens with zero attached hydrogens (tertiary/aromatic N) is 2. The minimum absolute atomic E-state index is 0.00424. The van der Waals surface area contributed by atoms with E-state index in [0.29, 0.717) is 6.04 Å². The Labute approximate surface area is 95.1 Å². The van der Waals surface area contributed by atoms with Crippen LogP contribution >= 0.6 is 0 Å². The van der Waals surface area contributed by atoms with Crippen molar-refractivity contribution in [1.82, 2.24) is 9.80 Å². The number of aliphatic hydroxyl groups excluding tert-OH is 1. The lowest BCUT2D eigenvalue weighted by atomic mass is 9.98. The van der Waals surface area contributed by atoms with E-state index in [1.54, 1.807) is 0 Å². The molecule has 1 N–H and O–H groups in total. The molecule has 1 atom stereocenters. The number of likely N-dealkylation sites (tertiary alicyclic amines) is 1. The van der Waals surface area contributed by atoms with E-state index in [0.717, 1.165) is 19.5 Å². The molecule has 92 valence electrons. The molecular formula is C12H28N2O. The first-order chi connectivity index (χ1) is 7.02. The van der Waals surface area contributed by atoms with Crippen molar-refractivity contribution in [3.63, 3.8) is 0 Å². The molecule has 0 spiro atoms. The van der Waals surface area contributed by atoms with E-state index in [-0.39, 0.29) is 12.1 Å². The normalized spacial score (nSPS) is 27.0. The summed E-state index contributed by atoms with van der Waals surface area (Å²) in [5.74, 6) is 0. The van der Waals surface area contributed by atoms with Crippen molar-refractivity contribution in [2.45, 2.75) is 45.7 Å². The highest BCUT2D eigenvalue weighted by Gasteiger charge is 2.39. The third-order valence-electron chi connectivity index (χ3n) is 3.34. The summed E-state index contributed by atoms with van der Waals surface area (Å²) in [7, 11) is 4.11. The quantitative estimate of drug-likeness (QED) is 0.773. The van der Waals surface area contributed by atoms with Gasteiger partial charge in [0.25, 0.3) is 0 Å². The van der Waals surface area contributed by atoms with Gasteiger partial charge in [-0.1, -0.05) is 13.8 Å². The molecular weight excluding hydrogens is 188 g/mol. The van der Waals surface area contributed by atoms with Gasteiger partial charge in [-0.3, -0.25) is 4.90 Å². The lowest BCUT2D eigenvalue weighted by Gasteiger charge is -2.35. The number of hydrogen-bond acceptors (Lipinski definition) is 3. The average molecular weight is 216 g/mol. The smallest absolute Gasteiger partial charge is 0.0628 e. The van der Waals surface area contributed by atoms with Crippen molar-refractivity contribution < 1.29 is 5.11 Å². The minimum Gasteiger partial charge on any atom is -0.394 e. The van der Waals surface area contributed by atoms with Gasteiger partial charge in [0.15, 0.2) is 0 Å². The van der Waals surface area contributed by atoms with Gasteiger partial charge in [0.1, 0.15) is 0 Å². The van der Waals surface area contributed by atoms with E-state index in [4.69, 9.17) is 0 Å². The van der Waals surface area contributed by atoms with Crippen molar-refractivity contribution in [2.75, 3.05) is 33.8 Å². The Morgan fingerprint density at radius 1 is 1.33 bits per heavy atom. The fourth-order valence-corrected chi connectivity index (χ4v) is 1.96. The third-order valence-corrected chi connectivity index (χ3v) is 3.34. The molecule has 1 saturated heterocycles. The van der Waals surface area contributed by atoms with Crippen molar-refractivity contribution in [3.05, 3.63) is 0 Å². The molecule has 1 aliphatic heterocycles. The van der Waals surface area contributed by atoms with Crippen LogP contribution in [0.25, 0.3) is 0 Å². The van der Waals surface area contributed by atoms with Crippen LogP contribution in [-0.4, -0.2) is 60.3 Å². The van der Waals surface area contributed by atoms with Gasteiger partial charge in [-0.25, -0.2) is 0 Å². The molecule has 0 aromatic heterocycles. The summed E-state index contributed by atoms with van der Waals surface area (Å²) in [6.07, 6.45) is 1.08. The van der Waals surface area contributed by atoms with Gasteiger partial charge >= 0.3 is 0 Å². The predicted octanol–water partition coefficient (Wildman–Crippen LogP) is 1.42. The van der Waals surface area contributed by atoms with E-state index in [2.05, 4.69) is 37.7 Å². The van der Waals surface area contributed by atoms with E-state index >= 15 is 0 Å². The summed E-state index contributed by atoms with van der Waals surface area (Å²) < 4.78 is 0. The molecule has 1 rings (SSSR count). The molecule has 0 radical (unpaired) electrons. The van der Waals surface area contributed by atoms with Crippen LogP contribution in [0.4, 0.5) is 0 Å². The summed E-state index contributed by atoms with van der Waals surface area (Å²) in [5, 5.41) is 9.42. The van der Waals surface area contributed by atoms with Crippen molar-refractivity contribution in [3.8, 4) is 0 Å². The lowest BCUT2D eigenvalue weighted by Crippen LogP contribution is -2.50.